The Bertz CT molecular complexity index is 1320. The number of carbonyl (C=O) groups excluding carboxylic acids is 1. The van der Waals surface area contributed by atoms with E-state index in [4.69, 9.17) is 21.1 Å². The lowest BCUT2D eigenvalue weighted by molar-refractivity contribution is 0.0939. The zero-order valence-corrected chi connectivity index (χ0v) is 21.2. The molecule has 3 aromatic carbocycles. The normalized spacial score (nSPS) is 12.1. The monoisotopic (exact) mass is 502 g/mol. The van der Waals surface area contributed by atoms with Crippen LogP contribution in [0.25, 0.3) is 0 Å². The number of nitrogens with one attached hydrogen (secondary N) is 2. The van der Waals surface area contributed by atoms with E-state index in [1.54, 1.807) is 51.5 Å². The molecule has 1 atom stereocenters. The van der Waals surface area contributed by atoms with Crippen LogP contribution in [0.3, 0.4) is 0 Å². The molecular formula is C25H27ClN2O5S. The van der Waals surface area contributed by atoms with Gasteiger partial charge in [0, 0.05) is 11.1 Å². The predicted molar refractivity (Wildman–Crippen MR) is 134 cm³/mol. The second-order valence-electron chi connectivity index (χ2n) is 7.80. The molecule has 0 spiro atoms. The highest BCUT2D eigenvalue weighted by Gasteiger charge is 2.23. The lowest BCUT2D eigenvalue weighted by Gasteiger charge is -2.19. The zero-order valence-electron chi connectivity index (χ0n) is 19.6. The number of aryl methyl sites for hydroxylation is 1. The SMILES string of the molecule is COc1ccc(OC)c(C(C)NC(=O)c2ccc(Cl)c(S(=O)(=O)Nc3cccc(C)c3C)c2)c1. The summed E-state index contributed by atoms with van der Waals surface area (Å²) in [5.74, 6) is 0.747. The topological polar surface area (TPSA) is 93.7 Å². The van der Waals surface area contributed by atoms with Gasteiger partial charge in [-0.05, 0) is 74.4 Å². The van der Waals surface area contributed by atoms with Crippen molar-refractivity contribution < 1.29 is 22.7 Å². The third-order valence-electron chi connectivity index (χ3n) is 5.58. The molecule has 0 saturated carbocycles. The summed E-state index contributed by atoms with van der Waals surface area (Å²) in [5.41, 5.74) is 3.07. The van der Waals surface area contributed by atoms with E-state index in [9.17, 15) is 13.2 Å². The number of amides is 1. The quantitative estimate of drug-likeness (QED) is 0.438. The Labute approximate surface area is 205 Å². The largest absolute Gasteiger partial charge is 0.497 e. The summed E-state index contributed by atoms with van der Waals surface area (Å²) in [7, 11) is -0.945. The molecule has 0 heterocycles. The van der Waals surface area contributed by atoms with Crippen LogP contribution in [0.2, 0.25) is 5.02 Å². The van der Waals surface area contributed by atoms with Gasteiger partial charge < -0.3 is 14.8 Å². The molecule has 180 valence electrons. The summed E-state index contributed by atoms with van der Waals surface area (Å²) in [6.07, 6.45) is 0. The van der Waals surface area contributed by atoms with Crippen molar-refractivity contribution in [1.82, 2.24) is 5.32 Å². The number of hydrogen-bond acceptors (Lipinski definition) is 5. The first-order valence-electron chi connectivity index (χ1n) is 10.5. The van der Waals surface area contributed by atoms with Crippen LogP contribution in [-0.4, -0.2) is 28.5 Å². The van der Waals surface area contributed by atoms with E-state index >= 15 is 0 Å². The van der Waals surface area contributed by atoms with E-state index < -0.39 is 22.0 Å². The van der Waals surface area contributed by atoms with Crippen molar-refractivity contribution in [3.63, 3.8) is 0 Å². The number of benzene rings is 3. The number of methoxy groups -OCH3 is 2. The lowest BCUT2D eigenvalue weighted by Crippen LogP contribution is -2.27. The summed E-state index contributed by atoms with van der Waals surface area (Å²) in [6.45, 7) is 5.52. The minimum absolute atomic E-state index is 0.0110. The maximum Gasteiger partial charge on any atom is 0.263 e. The molecule has 0 aliphatic rings. The van der Waals surface area contributed by atoms with Crippen molar-refractivity contribution in [2.75, 3.05) is 18.9 Å². The van der Waals surface area contributed by atoms with Crippen LogP contribution in [-0.2, 0) is 10.0 Å². The standard InChI is InChI=1S/C25H27ClN2O5S/c1-15-7-6-8-22(16(15)2)28-34(30,31)24-13-18(9-11-21(24)26)25(29)27-17(3)20-14-19(32-4)10-12-23(20)33-5/h6-14,17,28H,1-5H3,(H,27,29). The molecule has 0 bridgehead atoms. The van der Waals surface area contributed by atoms with Crippen LogP contribution in [0, 0.1) is 13.8 Å². The molecule has 0 aliphatic heterocycles. The molecule has 0 aliphatic carbocycles. The Kier molecular flexibility index (Phi) is 7.74. The molecule has 3 rings (SSSR count). The number of sulfonamides is 1. The van der Waals surface area contributed by atoms with Gasteiger partial charge in [0.25, 0.3) is 15.9 Å². The van der Waals surface area contributed by atoms with Crippen LogP contribution >= 0.6 is 11.6 Å². The molecule has 0 saturated heterocycles. The van der Waals surface area contributed by atoms with Crippen molar-refractivity contribution in [3.8, 4) is 11.5 Å². The number of carbonyl (C=O) groups is 1. The van der Waals surface area contributed by atoms with Crippen molar-refractivity contribution in [1.29, 1.82) is 0 Å². The van der Waals surface area contributed by atoms with Gasteiger partial charge in [-0.2, -0.15) is 0 Å². The maximum absolute atomic E-state index is 13.1. The molecular weight excluding hydrogens is 476 g/mol. The Balaban J connectivity index is 1.88. The van der Waals surface area contributed by atoms with E-state index in [1.807, 2.05) is 19.9 Å². The van der Waals surface area contributed by atoms with E-state index in [0.717, 1.165) is 11.1 Å². The van der Waals surface area contributed by atoms with Gasteiger partial charge in [-0.3, -0.25) is 9.52 Å². The summed E-state index contributed by atoms with van der Waals surface area (Å²) in [6, 6.07) is 14.3. The highest BCUT2D eigenvalue weighted by molar-refractivity contribution is 7.92. The second-order valence-corrected chi connectivity index (χ2v) is 9.86. The predicted octanol–water partition coefficient (Wildman–Crippen LogP) is 5.27. The summed E-state index contributed by atoms with van der Waals surface area (Å²) < 4.78 is 39.4. The van der Waals surface area contributed by atoms with Crippen LogP contribution in [0.15, 0.2) is 59.5 Å². The third kappa shape index (κ3) is 5.46. The van der Waals surface area contributed by atoms with E-state index in [-0.39, 0.29) is 15.5 Å². The van der Waals surface area contributed by atoms with E-state index in [0.29, 0.717) is 22.7 Å². The first kappa shape index (κ1) is 25.4. The number of anilines is 1. The Morgan fingerprint density at radius 2 is 1.74 bits per heavy atom. The minimum Gasteiger partial charge on any atom is -0.497 e. The van der Waals surface area contributed by atoms with Crippen LogP contribution in [0.4, 0.5) is 5.69 Å². The van der Waals surface area contributed by atoms with Gasteiger partial charge in [0.15, 0.2) is 0 Å². The average Bonchev–Trinajstić information content (AvgIpc) is 2.81. The highest BCUT2D eigenvalue weighted by atomic mass is 35.5. The summed E-state index contributed by atoms with van der Waals surface area (Å²) in [5, 5.41) is 2.88. The first-order chi connectivity index (χ1) is 16.1. The van der Waals surface area contributed by atoms with Crippen LogP contribution in [0.1, 0.15) is 40.0 Å². The highest BCUT2D eigenvalue weighted by Crippen LogP contribution is 2.30. The molecule has 34 heavy (non-hydrogen) atoms. The number of halogens is 1. The Morgan fingerprint density at radius 3 is 2.41 bits per heavy atom. The summed E-state index contributed by atoms with van der Waals surface area (Å²) in [4.78, 5) is 12.8. The zero-order chi connectivity index (χ0) is 25.0. The fraction of sp³-hybridized carbons (Fsp3) is 0.240. The summed E-state index contributed by atoms with van der Waals surface area (Å²) >= 11 is 6.22. The van der Waals surface area contributed by atoms with Gasteiger partial charge in [0.05, 0.1) is 31.0 Å². The third-order valence-corrected chi connectivity index (χ3v) is 7.43. The van der Waals surface area contributed by atoms with E-state index in [1.165, 1.54) is 18.2 Å². The van der Waals surface area contributed by atoms with Gasteiger partial charge in [-0.1, -0.05) is 23.7 Å². The number of rotatable bonds is 8. The Hall–Kier alpha value is -3.23. The maximum atomic E-state index is 13.1. The van der Waals surface area contributed by atoms with Gasteiger partial charge in [-0.15, -0.1) is 0 Å². The van der Waals surface area contributed by atoms with Gasteiger partial charge in [0.2, 0.25) is 0 Å². The van der Waals surface area contributed by atoms with Crippen LogP contribution in [0.5, 0.6) is 11.5 Å². The second kappa shape index (κ2) is 10.4. The van der Waals surface area contributed by atoms with E-state index in [2.05, 4.69) is 10.0 Å². The Morgan fingerprint density at radius 1 is 1.00 bits per heavy atom. The molecule has 0 fully saturated rings. The number of hydrogen-bond donors (Lipinski definition) is 2. The van der Waals surface area contributed by atoms with Crippen molar-refractivity contribution >= 4 is 33.2 Å². The van der Waals surface area contributed by atoms with Gasteiger partial charge in [-0.25, -0.2) is 8.42 Å². The molecule has 7 nitrogen and oxygen atoms in total. The smallest absolute Gasteiger partial charge is 0.263 e. The molecule has 2 N–H and O–H groups in total. The van der Waals surface area contributed by atoms with Crippen molar-refractivity contribution in [2.24, 2.45) is 0 Å². The fourth-order valence-corrected chi connectivity index (χ4v) is 5.10. The minimum atomic E-state index is -4.04. The molecule has 3 aromatic rings. The average molecular weight is 503 g/mol. The molecule has 1 amide bonds. The van der Waals surface area contributed by atoms with Gasteiger partial charge >= 0.3 is 0 Å². The molecule has 1 unspecified atom stereocenters. The fourth-order valence-electron chi connectivity index (χ4n) is 3.45. The molecule has 9 heteroatoms. The lowest BCUT2D eigenvalue weighted by atomic mass is 10.1. The first-order valence-corrected chi connectivity index (χ1v) is 12.3. The van der Waals surface area contributed by atoms with Gasteiger partial charge in [0.1, 0.15) is 16.4 Å². The van der Waals surface area contributed by atoms with Crippen molar-refractivity contribution in [3.05, 3.63) is 81.9 Å². The van der Waals surface area contributed by atoms with Crippen molar-refractivity contribution in [2.45, 2.75) is 31.7 Å². The van der Waals surface area contributed by atoms with Crippen LogP contribution < -0.4 is 19.5 Å². The molecule has 0 radical (unpaired) electrons. The molecule has 0 aromatic heterocycles. The number of ether oxygens (including phenoxy) is 2.